The number of thioether (sulfide) groups is 1. The normalized spacial score (nSPS) is 19.2. The Balaban J connectivity index is 0.984. The molecule has 16 heteroatoms. The van der Waals surface area contributed by atoms with E-state index in [-0.39, 0.29) is 54.3 Å². The van der Waals surface area contributed by atoms with Crippen molar-refractivity contribution in [3.63, 3.8) is 0 Å². The lowest BCUT2D eigenvalue weighted by atomic mass is 9.93. The highest BCUT2D eigenvalue weighted by molar-refractivity contribution is 8.00. The summed E-state index contributed by atoms with van der Waals surface area (Å²) in [5.74, 6) is -1.96. The van der Waals surface area contributed by atoms with Crippen LogP contribution >= 0.6 is 11.8 Å². The molecule has 0 saturated carbocycles. The first kappa shape index (κ1) is 37.4. The molecule has 3 atom stereocenters. The van der Waals surface area contributed by atoms with Gasteiger partial charge in [-0.05, 0) is 54.2 Å². The van der Waals surface area contributed by atoms with Crippen LogP contribution in [0.3, 0.4) is 0 Å². The average Bonchev–Trinajstić information content (AvgIpc) is 3.66. The Bertz CT molecular complexity index is 1640. The van der Waals surface area contributed by atoms with Crippen LogP contribution in [0.4, 0.5) is 10.5 Å². The van der Waals surface area contributed by atoms with Gasteiger partial charge in [-0.25, -0.2) is 9.80 Å². The third-order valence-corrected chi connectivity index (χ3v) is 10.4. The van der Waals surface area contributed by atoms with Gasteiger partial charge in [0.15, 0.2) is 0 Å². The molecule has 0 spiro atoms. The Kier molecular flexibility index (Phi) is 12.8. The maximum Gasteiger partial charge on any atom is 0.322 e. The monoisotopic (exact) mass is 720 g/mol. The minimum absolute atomic E-state index is 0.0369. The number of rotatable bonds is 16. The second-order valence-electron chi connectivity index (χ2n) is 13.0. The number of likely N-dealkylation sites (tertiary alicyclic amines) is 1. The van der Waals surface area contributed by atoms with Crippen LogP contribution < -0.4 is 16.4 Å². The van der Waals surface area contributed by atoms with E-state index in [1.807, 2.05) is 37.3 Å². The first-order valence-corrected chi connectivity index (χ1v) is 18.2. The van der Waals surface area contributed by atoms with Gasteiger partial charge in [-0.15, -0.1) is 11.8 Å². The number of hydrogen-bond donors (Lipinski definition) is 4. The molecule has 1 saturated heterocycles. The molecule has 15 nitrogen and oxygen atoms in total. The quantitative estimate of drug-likeness (QED) is 0.147. The molecule has 51 heavy (non-hydrogen) atoms. The number of aliphatic carboxylic acids is 1. The van der Waals surface area contributed by atoms with Gasteiger partial charge >= 0.3 is 12.0 Å². The van der Waals surface area contributed by atoms with Crippen LogP contribution in [0.5, 0.6) is 0 Å². The van der Waals surface area contributed by atoms with Crippen molar-refractivity contribution in [2.45, 2.75) is 76.3 Å². The fourth-order valence-electron chi connectivity index (χ4n) is 6.14. The number of carboxylic acids is 1. The number of carbonyl (C=O) groups is 6. The minimum Gasteiger partial charge on any atom is -0.480 e. The number of pyridine rings is 1. The van der Waals surface area contributed by atoms with Crippen molar-refractivity contribution in [3.8, 4) is 0 Å². The Morgan fingerprint density at radius 2 is 1.75 bits per heavy atom. The maximum absolute atomic E-state index is 12.8. The summed E-state index contributed by atoms with van der Waals surface area (Å²) in [6.07, 6.45) is 6.51. The molecule has 1 aromatic carbocycles. The zero-order chi connectivity index (χ0) is 36.5. The van der Waals surface area contributed by atoms with Crippen molar-refractivity contribution in [1.29, 1.82) is 0 Å². The summed E-state index contributed by atoms with van der Waals surface area (Å²) < 4.78 is 0. The van der Waals surface area contributed by atoms with Crippen LogP contribution in [-0.2, 0) is 37.1 Å². The smallest absolute Gasteiger partial charge is 0.322 e. The number of urea groups is 1. The fraction of sp³-hybridized carbons (Fsp3) is 0.486. The van der Waals surface area contributed by atoms with Gasteiger partial charge in [0.25, 0.3) is 0 Å². The molecule has 1 aromatic heterocycles. The average molecular weight is 721 g/mol. The number of hydrazone groups is 1. The second-order valence-corrected chi connectivity index (χ2v) is 14.2. The van der Waals surface area contributed by atoms with Gasteiger partial charge < -0.3 is 26.4 Å². The lowest BCUT2D eigenvalue weighted by molar-refractivity contribution is -0.139. The van der Waals surface area contributed by atoms with E-state index in [0.717, 1.165) is 34.2 Å². The Labute approximate surface area is 300 Å². The summed E-state index contributed by atoms with van der Waals surface area (Å²) in [6.45, 7) is 4.02. The van der Waals surface area contributed by atoms with E-state index in [9.17, 15) is 28.8 Å². The molecule has 3 aliphatic rings. The maximum atomic E-state index is 12.8. The Morgan fingerprint density at radius 3 is 2.49 bits per heavy atom. The number of carboxylic acid groups (broad SMARTS) is 1. The first-order valence-electron chi connectivity index (χ1n) is 17.2. The molecule has 5 rings (SSSR count). The number of fused-ring (bicyclic) bond motifs is 1. The molecule has 2 unspecified atom stereocenters. The number of amides is 6. The third kappa shape index (κ3) is 9.91. The summed E-state index contributed by atoms with van der Waals surface area (Å²) >= 11 is 1.09. The number of imide groups is 1. The highest BCUT2D eigenvalue weighted by Crippen LogP contribution is 2.27. The van der Waals surface area contributed by atoms with Crippen LogP contribution in [0.1, 0.15) is 68.6 Å². The van der Waals surface area contributed by atoms with Gasteiger partial charge in [-0.2, -0.15) is 5.10 Å². The lowest BCUT2D eigenvalue weighted by Crippen LogP contribution is -2.38. The number of unbranched alkanes of at least 4 members (excludes halogenated alkanes) is 2. The molecule has 2 aromatic rings. The van der Waals surface area contributed by atoms with Crippen LogP contribution in [0.25, 0.3) is 0 Å². The predicted octanol–water partition coefficient (Wildman–Crippen LogP) is 2.54. The summed E-state index contributed by atoms with van der Waals surface area (Å²) in [7, 11) is 0. The molecule has 4 heterocycles. The molecule has 0 radical (unpaired) electrons. The van der Waals surface area contributed by atoms with Crippen molar-refractivity contribution >= 4 is 58.8 Å². The number of nitrogens with two attached hydrogens (primary N) is 1. The fourth-order valence-corrected chi connectivity index (χ4v) is 7.25. The third-order valence-electron chi connectivity index (χ3n) is 9.06. The van der Waals surface area contributed by atoms with Gasteiger partial charge in [0.1, 0.15) is 6.04 Å². The van der Waals surface area contributed by atoms with Gasteiger partial charge in [-0.1, -0.05) is 25.5 Å². The van der Waals surface area contributed by atoms with Crippen molar-refractivity contribution < 1.29 is 33.9 Å². The Hall–Kier alpha value is -4.83. The van der Waals surface area contributed by atoms with Crippen LogP contribution in [0.15, 0.2) is 47.8 Å². The summed E-state index contributed by atoms with van der Waals surface area (Å²) in [4.78, 5) is 80.7. The van der Waals surface area contributed by atoms with E-state index in [0.29, 0.717) is 70.4 Å². The van der Waals surface area contributed by atoms with Gasteiger partial charge in [0, 0.05) is 81.7 Å². The molecular weight excluding hydrogens is 677 g/mol. The molecule has 0 aliphatic carbocycles. The topological polar surface area (TPSA) is 208 Å². The van der Waals surface area contributed by atoms with E-state index >= 15 is 0 Å². The molecule has 6 amide bonds. The molecule has 272 valence electrons. The number of hydrogen-bond acceptors (Lipinski definition) is 10. The highest BCUT2D eigenvalue weighted by Gasteiger charge is 2.38. The standard InChI is InChI=1S/C35H44N8O7S/c1-22-16-31(46)43(40-32(22)23-7-9-26(10-8-23)39-35(50)41-19-24-11-13-37-18-25(24)20-41)15-5-12-38-29(44)6-3-2-4-14-42-30(45)17-28(33(42)47)51-21-27(36)34(48)49/h7-11,13,18,22,27-28H,2-6,12,14-17,19-21,36H2,1H3,(H,38,44)(H,39,50)(H,48,49)/t22?,27-,28?/m0/s1. The zero-order valence-corrected chi connectivity index (χ0v) is 29.4. The number of anilines is 1. The predicted molar refractivity (Wildman–Crippen MR) is 190 cm³/mol. The van der Waals surface area contributed by atoms with Gasteiger partial charge in [0.2, 0.25) is 23.6 Å². The number of aromatic nitrogens is 1. The van der Waals surface area contributed by atoms with Gasteiger partial charge in [-0.3, -0.25) is 33.9 Å². The van der Waals surface area contributed by atoms with Crippen LogP contribution in [0, 0.1) is 5.92 Å². The summed E-state index contributed by atoms with van der Waals surface area (Å²) in [6, 6.07) is 8.08. The number of nitrogens with one attached hydrogen (secondary N) is 2. The summed E-state index contributed by atoms with van der Waals surface area (Å²) in [5.41, 5.74) is 9.95. The summed E-state index contributed by atoms with van der Waals surface area (Å²) in [5, 5.41) is 20.2. The van der Waals surface area contributed by atoms with E-state index < -0.39 is 17.3 Å². The number of carbonyl (C=O) groups excluding carboxylic acids is 5. The van der Waals surface area contributed by atoms with E-state index in [4.69, 9.17) is 10.8 Å². The minimum atomic E-state index is -1.15. The van der Waals surface area contributed by atoms with Crippen molar-refractivity contribution in [1.82, 2.24) is 25.1 Å². The van der Waals surface area contributed by atoms with Gasteiger partial charge in [0.05, 0.1) is 11.0 Å². The first-order chi connectivity index (χ1) is 24.5. The van der Waals surface area contributed by atoms with Crippen molar-refractivity contribution in [2.24, 2.45) is 16.8 Å². The van der Waals surface area contributed by atoms with Crippen LogP contribution in [0.2, 0.25) is 0 Å². The highest BCUT2D eigenvalue weighted by atomic mass is 32.2. The number of benzene rings is 1. The largest absolute Gasteiger partial charge is 0.480 e. The zero-order valence-electron chi connectivity index (χ0n) is 28.6. The molecule has 3 aliphatic heterocycles. The molecule has 5 N–H and O–H groups in total. The SMILES string of the molecule is CC1CC(=O)N(CCCNC(=O)CCCCCN2C(=O)CC(SC[C@H](N)C(=O)O)C2=O)N=C1c1ccc(NC(=O)N2Cc3ccncc3C2)cc1. The van der Waals surface area contributed by atoms with Crippen molar-refractivity contribution in [2.75, 3.05) is 30.7 Å². The number of nitrogens with zero attached hydrogens (tertiary/aromatic N) is 5. The molecule has 1 fully saturated rings. The van der Waals surface area contributed by atoms with Crippen molar-refractivity contribution in [3.05, 3.63) is 59.4 Å². The lowest BCUT2D eigenvalue weighted by Gasteiger charge is -2.28. The Morgan fingerprint density at radius 1 is 0.980 bits per heavy atom. The van der Waals surface area contributed by atoms with E-state index in [1.165, 1.54) is 9.91 Å². The van der Waals surface area contributed by atoms with Crippen LogP contribution in [-0.4, -0.2) is 103 Å². The van der Waals surface area contributed by atoms with E-state index in [2.05, 4.69) is 20.7 Å². The molecule has 0 bridgehead atoms. The molecular formula is C35H44N8O7S. The van der Waals surface area contributed by atoms with E-state index in [1.54, 1.807) is 17.3 Å². The second kappa shape index (κ2) is 17.4.